The van der Waals surface area contributed by atoms with E-state index < -0.39 is 4.92 Å². The summed E-state index contributed by atoms with van der Waals surface area (Å²) in [5, 5.41) is 24.8. The van der Waals surface area contributed by atoms with E-state index in [1.807, 2.05) is 17.5 Å². The van der Waals surface area contributed by atoms with Crippen molar-refractivity contribution in [2.24, 2.45) is 5.10 Å². The van der Waals surface area contributed by atoms with Crippen LogP contribution in [0.3, 0.4) is 0 Å². The number of hydrogen-bond donors (Lipinski definition) is 1. The first kappa shape index (κ1) is 20.7. The van der Waals surface area contributed by atoms with Crippen LogP contribution in [0.15, 0.2) is 34.7 Å². The molecule has 2 heterocycles. The van der Waals surface area contributed by atoms with E-state index in [9.17, 15) is 10.1 Å². The molecule has 152 valence electrons. The molecule has 0 aliphatic heterocycles. The predicted molar refractivity (Wildman–Crippen MR) is 113 cm³/mol. The molecule has 0 atom stereocenters. The Balaban J connectivity index is 1.97. The summed E-state index contributed by atoms with van der Waals surface area (Å²) in [4.78, 5) is 12.1. The third kappa shape index (κ3) is 4.87. The number of H-pyrrole nitrogens is 1. The Morgan fingerprint density at radius 3 is 2.90 bits per heavy atom. The second-order valence-electron chi connectivity index (χ2n) is 6.25. The largest absolute Gasteiger partial charge is 0.493 e. The fourth-order valence-electron chi connectivity index (χ4n) is 2.58. The lowest BCUT2D eigenvalue weighted by Crippen LogP contribution is -2.09. The summed E-state index contributed by atoms with van der Waals surface area (Å²) in [6.45, 7) is 3.57. The maximum atomic E-state index is 11.5. The van der Waals surface area contributed by atoms with Crippen LogP contribution in [0.5, 0.6) is 11.5 Å². The Labute approximate surface area is 175 Å². The number of methoxy groups -OCH3 is 1. The summed E-state index contributed by atoms with van der Waals surface area (Å²) in [5.41, 5.74) is 0.268. The van der Waals surface area contributed by atoms with E-state index in [0.717, 1.165) is 4.88 Å². The highest BCUT2D eigenvalue weighted by atomic mass is 32.1. The second-order valence-corrected chi connectivity index (χ2v) is 7.67. The fraction of sp³-hybridized carbons (Fsp3) is 0.278. The molecule has 1 aromatic carbocycles. The molecule has 29 heavy (non-hydrogen) atoms. The van der Waals surface area contributed by atoms with Crippen LogP contribution >= 0.6 is 23.6 Å². The molecule has 0 unspecified atom stereocenters. The predicted octanol–water partition coefficient (Wildman–Crippen LogP) is 4.18. The quantitative estimate of drug-likeness (QED) is 0.247. The number of aromatic nitrogens is 3. The zero-order valence-electron chi connectivity index (χ0n) is 16.0. The second kappa shape index (κ2) is 8.97. The minimum atomic E-state index is -0.511. The van der Waals surface area contributed by atoms with Crippen molar-refractivity contribution in [1.29, 1.82) is 0 Å². The number of nitrogens with zero attached hydrogens (tertiary/aromatic N) is 4. The minimum absolute atomic E-state index is 0.0861. The zero-order valence-corrected chi connectivity index (χ0v) is 17.6. The fourth-order valence-corrected chi connectivity index (χ4v) is 3.47. The monoisotopic (exact) mass is 433 g/mol. The van der Waals surface area contributed by atoms with E-state index in [2.05, 4.69) is 15.3 Å². The summed E-state index contributed by atoms with van der Waals surface area (Å²) in [6.07, 6.45) is 1.79. The average Bonchev–Trinajstić information content (AvgIpc) is 3.30. The van der Waals surface area contributed by atoms with Gasteiger partial charge in [0.15, 0.2) is 11.6 Å². The molecule has 0 fully saturated rings. The lowest BCUT2D eigenvalue weighted by atomic mass is 10.2. The number of benzene rings is 1. The van der Waals surface area contributed by atoms with Gasteiger partial charge in [-0.2, -0.15) is 14.9 Å². The third-order valence-corrected chi connectivity index (χ3v) is 4.92. The molecule has 2 aromatic heterocycles. The van der Waals surface area contributed by atoms with E-state index in [1.165, 1.54) is 24.1 Å². The van der Waals surface area contributed by atoms with Crippen molar-refractivity contribution in [2.45, 2.75) is 26.4 Å². The Bertz CT molecular complexity index is 1090. The summed E-state index contributed by atoms with van der Waals surface area (Å²) < 4.78 is 12.7. The number of ether oxygens (including phenoxy) is 2. The van der Waals surface area contributed by atoms with Gasteiger partial charge in [-0.25, -0.2) is 0 Å². The first-order valence-electron chi connectivity index (χ1n) is 8.65. The topological polar surface area (TPSA) is 108 Å². The van der Waals surface area contributed by atoms with Gasteiger partial charge in [0.1, 0.15) is 0 Å². The van der Waals surface area contributed by atoms with Crippen molar-refractivity contribution in [3.8, 4) is 11.5 Å². The summed E-state index contributed by atoms with van der Waals surface area (Å²) in [5.74, 6) is 0.974. The molecule has 0 saturated heterocycles. The van der Waals surface area contributed by atoms with Gasteiger partial charge >= 0.3 is 5.69 Å². The molecule has 0 saturated carbocycles. The normalized spacial score (nSPS) is 11.3. The van der Waals surface area contributed by atoms with Crippen LogP contribution in [0.1, 0.15) is 30.1 Å². The first-order valence-corrected chi connectivity index (χ1v) is 9.94. The van der Waals surface area contributed by atoms with Crippen molar-refractivity contribution >= 4 is 35.5 Å². The molecule has 0 aliphatic carbocycles. The maximum absolute atomic E-state index is 11.5. The Hall–Kier alpha value is -3.05. The number of nitro benzene ring substituents is 1. The summed E-state index contributed by atoms with van der Waals surface area (Å²) in [7, 11) is 1.43. The minimum Gasteiger partial charge on any atom is -0.493 e. The SMILES string of the molecule is COc1cc(/C=N\n2c(Cc3cccs3)n[nH]c2=S)cc([N+](=O)[O-])c1OC(C)C. The van der Waals surface area contributed by atoms with Gasteiger partial charge in [0, 0.05) is 22.9 Å². The van der Waals surface area contributed by atoms with Crippen LogP contribution in [-0.2, 0) is 6.42 Å². The standard InChI is InChI=1S/C18H19N5O4S2/c1-11(2)27-17-14(23(24)25)7-12(8-15(17)26-3)10-19-22-16(20-21-18(22)28)9-13-5-4-6-29-13/h4-8,10-11H,9H2,1-3H3,(H,21,28)/b19-10-. The smallest absolute Gasteiger partial charge is 0.315 e. The third-order valence-electron chi connectivity index (χ3n) is 3.78. The van der Waals surface area contributed by atoms with Crippen molar-refractivity contribution in [3.05, 3.63) is 60.8 Å². The Morgan fingerprint density at radius 1 is 1.48 bits per heavy atom. The van der Waals surface area contributed by atoms with Gasteiger partial charge in [-0.05, 0) is 43.6 Å². The van der Waals surface area contributed by atoms with Crippen LogP contribution in [0.25, 0.3) is 0 Å². The van der Waals surface area contributed by atoms with E-state index in [-0.39, 0.29) is 23.3 Å². The maximum Gasteiger partial charge on any atom is 0.315 e. The molecule has 1 N–H and O–H groups in total. The highest BCUT2D eigenvalue weighted by Crippen LogP contribution is 2.38. The number of nitrogens with one attached hydrogen (secondary N) is 1. The number of hydrogen-bond acceptors (Lipinski definition) is 8. The summed E-state index contributed by atoms with van der Waals surface area (Å²) >= 11 is 6.86. The molecular formula is C18H19N5O4S2. The molecule has 3 aromatic rings. The average molecular weight is 434 g/mol. The molecule has 0 radical (unpaired) electrons. The van der Waals surface area contributed by atoms with Crippen molar-refractivity contribution in [3.63, 3.8) is 0 Å². The molecule has 0 bridgehead atoms. The highest BCUT2D eigenvalue weighted by molar-refractivity contribution is 7.71. The lowest BCUT2D eigenvalue weighted by molar-refractivity contribution is -0.386. The van der Waals surface area contributed by atoms with Crippen molar-refractivity contribution in [2.75, 3.05) is 7.11 Å². The van der Waals surface area contributed by atoms with E-state index in [0.29, 0.717) is 22.6 Å². The molecule has 0 aliphatic rings. The molecule has 9 nitrogen and oxygen atoms in total. The van der Waals surface area contributed by atoms with E-state index in [4.69, 9.17) is 21.7 Å². The Kier molecular flexibility index (Phi) is 6.39. The van der Waals surface area contributed by atoms with Gasteiger partial charge in [-0.1, -0.05) is 6.07 Å². The van der Waals surface area contributed by atoms with Crippen molar-refractivity contribution in [1.82, 2.24) is 14.9 Å². The number of rotatable bonds is 8. The number of thiophene rings is 1. The molecule has 0 amide bonds. The number of aromatic amines is 1. The van der Waals surface area contributed by atoms with Crippen LogP contribution in [-0.4, -0.2) is 39.2 Å². The molecule has 0 spiro atoms. The van der Waals surface area contributed by atoms with Gasteiger partial charge in [0.25, 0.3) is 0 Å². The van der Waals surface area contributed by atoms with Crippen LogP contribution in [0, 0.1) is 14.9 Å². The molecule has 11 heteroatoms. The van der Waals surface area contributed by atoms with Crippen molar-refractivity contribution < 1.29 is 14.4 Å². The van der Waals surface area contributed by atoms with Crippen LogP contribution < -0.4 is 9.47 Å². The Morgan fingerprint density at radius 2 is 2.28 bits per heavy atom. The molecule has 3 rings (SSSR count). The van der Waals surface area contributed by atoms with E-state index in [1.54, 1.807) is 31.3 Å². The van der Waals surface area contributed by atoms with Gasteiger partial charge in [0.2, 0.25) is 10.5 Å². The lowest BCUT2D eigenvalue weighted by Gasteiger charge is -2.14. The van der Waals surface area contributed by atoms with Crippen LogP contribution in [0.2, 0.25) is 0 Å². The van der Waals surface area contributed by atoms with Gasteiger partial charge in [-0.3, -0.25) is 15.2 Å². The van der Waals surface area contributed by atoms with Crippen LogP contribution in [0.4, 0.5) is 5.69 Å². The molecular weight excluding hydrogens is 414 g/mol. The first-order chi connectivity index (χ1) is 13.9. The highest BCUT2D eigenvalue weighted by Gasteiger charge is 2.23. The summed E-state index contributed by atoms with van der Waals surface area (Å²) in [6, 6.07) is 6.96. The van der Waals surface area contributed by atoms with Gasteiger partial charge < -0.3 is 9.47 Å². The van der Waals surface area contributed by atoms with E-state index >= 15 is 0 Å². The zero-order chi connectivity index (χ0) is 21.0. The van der Waals surface area contributed by atoms with Gasteiger partial charge in [-0.15, -0.1) is 11.3 Å². The number of nitro groups is 1. The van der Waals surface area contributed by atoms with Gasteiger partial charge in [0.05, 0.1) is 24.4 Å².